The highest BCUT2D eigenvalue weighted by molar-refractivity contribution is 9.10. The van der Waals surface area contributed by atoms with Crippen LogP contribution >= 0.6 is 15.9 Å². The zero-order valence-corrected chi connectivity index (χ0v) is 13.0. The highest BCUT2D eigenvalue weighted by atomic mass is 79.9. The number of halogens is 1. The van der Waals surface area contributed by atoms with Crippen LogP contribution in [0.5, 0.6) is 5.75 Å². The van der Waals surface area contributed by atoms with Crippen molar-refractivity contribution in [2.24, 2.45) is 5.84 Å². The third-order valence-electron chi connectivity index (χ3n) is 2.65. The van der Waals surface area contributed by atoms with E-state index in [1.165, 1.54) is 0 Å². The predicted octanol–water partition coefficient (Wildman–Crippen LogP) is 2.58. The van der Waals surface area contributed by atoms with Crippen LogP contribution in [-0.4, -0.2) is 16.1 Å². The second-order valence-corrected chi connectivity index (χ2v) is 5.54. The molecule has 0 aliphatic carbocycles. The number of nitrogens with one attached hydrogen (secondary N) is 1. The van der Waals surface area contributed by atoms with Crippen LogP contribution < -0.4 is 16.0 Å². The number of pyridine rings is 2. The van der Waals surface area contributed by atoms with Gasteiger partial charge in [-0.2, -0.15) is 0 Å². The smallest absolute Gasteiger partial charge is 0.138 e. The number of nitrogens with zero attached hydrogens (tertiary/aromatic N) is 2. The Kier molecular flexibility index (Phi) is 5.05. The van der Waals surface area contributed by atoms with Crippen LogP contribution in [0.4, 0.5) is 0 Å². The third-order valence-corrected chi connectivity index (χ3v) is 3.12. The Morgan fingerprint density at radius 1 is 1.25 bits per heavy atom. The number of hydrogen-bond acceptors (Lipinski definition) is 5. The molecule has 20 heavy (non-hydrogen) atoms. The average Bonchev–Trinajstić information content (AvgIpc) is 2.41. The van der Waals surface area contributed by atoms with Crippen LogP contribution in [0.3, 0.4) is 0 Å². The van der Waals surface area contributed by atoms with Crippen molar-refractivity contribution in [1.29, 1.82) is 0 Å². The van der Waals surface area contributed by atoms with Crippen LogP contribution in [0.15, 0.2) is 41.3 Å². The number of rotatable bonds is 5. The van der Waals surface area contributed by atoms with Crippen molar-refractivity contribution in [2.45, 2.75) is 26.0 Å². The molecule has 0 aliphatic rings. The minimum absolute atomic E-state index is 0.0992. The molecule has 0 saturated carbocycles. The first kappa shape index (κ1) is 14.9. The second kappa shape index (κ2) is 6.78. The Morgan fingerprint density at radius 3 is 2.65 bits per heavy atom. The number of hydrogen-bond donors (Lipinski definition) is 2. The van der Waals surface area contributed by atoms with Gasteiger partial charge in [0.2, 0.25) is 0 Å². The highest BCUT2D eigenvalue weighted by Gasteiger charge is 2.15. The number of hydrazine groups is 1. The van der Waals surface area contributed by atoms with Crippen molar-refractivity contribution in [3.63, 3.8) is 0 Å². The lowest BCUT2D eigenvalue weighted by molar-refractivity contribution is 0.241. The lowest BCUT2D eigenvalue weighted by Gasteiger charge is -2.17. The molecule has 0 saturated heterocycles. The van der Waals surface area contributed by atoms with Gasteiger partial charge in [-0.25, -0.2) is 5.43 Å². The Balaban J connectivity index is 2.29. The number of nitrogens with two attached hydrogens (primary N) is 1. The molecule has 5 nitrogen and oxygen atoms in total. The minimum Gasteiger partial charge on any atom is -0.489 e. The molecule has 0 aromatic carbocycles. The molecule has 6 heteroatoms. The van der Waals surface area contributed by atoms with E-state index in [1.54, 1.807) is 18.6 Å². The van der Waals surface area contributed by atoms with E-state index < -0.39 is 0 Å². The van der Waals surface area contributed by atoms with E-state index in [1.807, 2.05) is 32.0 Å². The van der Waals surface area contributed by atoms with Crippen molar-refractivity contribution in [1.82, 2.24) is 15.4 Å². The molecule has 2 heterocycles. The van der Waals surface area contributed by atoms with Crippen LogP contribution in [0.25, 0.3) is 0 Å². The van der Waals surface area contributed by atoms with E-state index in [0.717, 1.165) is 21.5 Å². The van der Waals surface area contributed by atoms with E-state index in [0.29, 0.717) is 0 Å². The maximum absolute atomic E-state index is 5.66. The first-order valence-electron chi connectivity index (χ1n) is 6.29. The molecule has 0 aliphatic heterocycles. The summed E-state index contributed by atoms with van der Waals surface area (Å²) in [5, 5.41) is 0. The molecule has 0 amide bonds. The summed E-state index contributed by atoms with van der Waals surface area (Å²) in [7, 11) is 0. The Labute approximate surface area is 126 Å². The molecule has 2 rings (SSSR count). The van der Waals surface area contributed by atoms with Gasteiger partial charge in [-0.1, -0.05) is 0 Å². The van der Waals surface area contributed by atoms with E-state index in [2.05, 4.69) is 31.3 Å². The van der Waals surface area contributed by atoms with Gasteiger partial charge in [0.15, 0.2) is 0 Å². The fourth-order valence-corrected chi connectivity index (χ4v) is 2.08. The molecule has 0 radical (unpaired) electrons. The van der Waals surface area contributed by atoms with Gasteiger partial charge >= 0.3 is 0 Å². The molecule has 1 atom stereocenters. The van der Waals surface area contributed by atoms with Gasteiger partial charge < -0.3 is 4.74 Å². The maximum Gasteiger partial charge on any atom is 0.138 e. The van der Waals surface area contributed by atoms with Crippen molar-refractivity contribution in [2.75, 3.05) is 0 Å². The quantitative estimate of drug-likeness (QED) is 0.648. The van der Waals surface area contributed by atoms with Crippen LogP contribution in [0, 0.1) is 0 Å². The van der Waals surface area contributed by atoms with Gasteiger partial charge in [0.1, 0.15) is 5.75 Å². The van der Waals surface area contributed by atoms with Crippen molar-refractivity contribution < 1.29 is 4.74 Å². The third kappa shape index (κ3) is 3.75. The average molecular weight is 337 g/mol. The number of aromatic nitrogens is 2. The molecule has 2 aromatic heterocycles. The maximum atomic E-state index is 5.66. The minimum atomic E-state index is -0.230. The van der Waals surface area contributed by atoms with Gasteiger partial charge in [0.05, 0.1) is 24.0 Å². The molecule has 0 fully saturated rings. The van der Waals surface area contributed by atoms with E-state index in [-0.39, 0.29) is 12.1 Å². The largest absolute Gasteiger partial charge is 0.489 e. The Bertz CT molecular complexity index is 559. The van der Waals surface area contributed by atoms with Crippen LogP contribution in [-0.2, 0) is 0 Å². The van der Waals surface area contributed by atoms with E-state index in [4.69, 9.17) is 10.6 Å². The highest BCUT2D eigenvalue weighted by Crippen LogP contribution is 2.23. The molecular formula is C14H17BrN4O. The lowest BCUT2D eigenvalue weighted by atomic mass is 10.1. The summed E-state index contributed by atoms with van der Waals surface area (Å²) in [5.74, 6) is 6.37. The standard InChI is InChI=1S/C14H17BrN4O/c1-9(2)20-12-5-10(6-17-8-12)14(19-16)13-4-3-11(15)7-18-13/h3-9,14,19H,16H2,1-2H3. The molecule has 106 valence electrons. The van der Waals surface area contributed by atoms with Crippen molar-refractivity contribution >= 4 is 15.9 Å². The summed E-state index contributed by atoms with van der Waals surface area (Å²) in [6, 6.07) is 5.52. The zero-order valence-electron chi connectivity index (χ0n) is 11.4. The predicted molar refractivity (Wildman–Crippen MR) is 81.1 cm³/mol. The summed E-state index contributed by atoms with van der Waals surface area (Å²) in [6.45, 7) is 3.95. The summed E-state index contributed by atoms with van der Waals surface area (Å²) in [5.41, 5.74) is 4.48. The van der Waals surface area contributed by atoms with Crippen molar-refractivity contribution in [3.05, 3.63) is 52.5 Å². The first-order chi connectivity index (χ1) is 9.60. The Hall–Kier alpha value is -1.50. The topological polar surface area (TPSA) is 73.1 Å². The molecule has 0 bridgehead atoms. The fourth-order valence-electron chi connectivity index (χ4n) is 1.84. The van der Waals surface area contributed by atoms with E-state index >= 15 is 0 Å². The molecule has 3 N–H and O–H groups in total. The normalized spacial score (nSPS) is 12.4. The molecule has 1 unspecified atom stereocenters. The number of ether oxygens (including phenoxy) is 1. The monoisotopic (exact) mass is 336 g/mol. The molecular weight excluding hydrogens is 320 g/mol. The summed E-state index contributed by atoms with van der Waals surface area (Å²) < 4.78 is 6.57. The summed E-state index contributed by atoms with van der Waals surface area (Å²) >= 11 is 3.36. The summed E-state index contributed by atoms with van der Waals surface area (Å²) in [6.07, 6.45) is 5.27. The fraction of sp³-hybridized carbons (Fsp3) is 0.286. The van der Waals surface area contributed by atoms with Gasteiger partial charge in [-0.15, -0.1) is 0 Å². The van der Waals surface area contributed by atoms with Gasteiger partial charge in [0.25, 0.3) is 0 Å². The van der Waals surface area contributed by atoms with Gasteiger partial charge in [-0.3, -0.25) is 15.8 Å². The van der Waals surface area contributed by atoms with Crippen LogP contribution in [0.1, 0.15) is 31.1 Å². The van der Waals surface area contributed by atoms with Gasteiger partial charge in [-0.05, 0) is 53.5 Å². The summed E-state index contributed by atoms with van der Waals surface area (Å²) in [4.78, 5) is 8.55. The zero-order chi connectivity index (χ0) is 14.5. The van der Waals surface area contributed by atoms with Crippen LogP contribution in [0.2, 0.25) is 0 Å². The SMILES string of the molecule is CC(C)Oc1cncc(C(NN)c2ccc(Br)cn2)c1. The first-order valence-corrected chi connectivity index (χ1v) is 7.08. The van der Waals surface area contributed by atoms with Crippen molar-refractivity contribution in [3.8, 4) is 5.75 Å². The molecule has 0 spiro atoms. The second-order valence-electron chi connectivity index (χ2n) is 4.62. The van der Waals surface area contributed by atoms with E-state index in [9.17, 15) is 0 Å². The van der Waals surface area contributed by atoms with Gasteiger partial charge in [0, 0.05) is 16.9 Å². The Morgan fingerprint density at radius 2 is 2.05 bits per heavy atom. The lowest BCUT2D eigenvalue weighted by Crippen LogP contribution is -2.29. The molecule has 2 aromatic rings.